The number of nitrogens with zero attached hydrogens (tertiary/aromatic N) is 1. The van der Waals surface area contributed by atoms with Gasteiger partial charge in [-0.2, -0.15) is 0 Å². The van der Waals surface area contributed by atoms with Crippen LogP contribution in [0.1, 0.15) is 12.8 Å². The topological polar surface area (TPSA) is 72.3 Å². The first-order chi connectivity index (χ1) is 5.04. The van der Waals surface area contributed by atoms with Crippen molar-refractivity contribution in [3.8, 4) is 0 Å². The van der Waals surface area contributed by atoms with Gasteiger partial charge in [0.15, 0.2) is 0 Å². The number of hydrogen-bond acceptors (Lipinski definition) is 3. The molecule has 0 aliphatic rings. The van der Waals surface area contributed by atoms with Crippen molar-refractivity contribution in [1.82, 2.24) is 4.90 Å². The predicted octanol–water partition coefficient (Wildman–Crippen LogP) is -0.859. The Morgan fingerprint density at radius 2 is 2.09 bits per heavy atom. The summed E-state index contributed by atoms with van der Waals surface area (Å²) in [7, 11) is 3.96. The van der Waals surface area contributed by atoms with Crippen LogP contribution in [0.25, 0.3) is 0 Å². The molecule has 4 nitrogen and oxygen atoms in total. The average Bonchev–Trinajstić information content (AvgIpc) is 1.86. The molecule has 0 spiro atoms. The summed E-state index contributed by atoms with van der Waals surface area (Å²) >= 11 is 0. The number of carbonyl (C=O) groups excluding carboxylic acids is 1. The maximum atomic E-state index is 10.5. The third-order valence-corrected chi connectivity index (χ3v) is 1.49. The normalized spacial score (nSPS) is 13.5. The van der Waals surface area contributed by atoms with Crippen LogP contribution < -0.4 is 11.5 Å². The van der Waals surface area contributed by atoms with Crippen molar-refractivity contribution in [3.05, 3.63) is 0 Å². The largest absolute Gasteiger partial charge is 0.368 e. The Balaban J connectivity index is 3.31. The van der Waals surface area contributed by atoms with Crippen molar-refractivity contribution >= 4 is 5.91 Å². The molecule has 11 heavy (non-hydrogen) atoms. The van der Waals surface area contributed by atoms with Gasteiger partial charge < -0.3 is 16.4 Å². The lowest BCUT2D eigenvalue weighted by molar-refractivity contribution is -0.119. The van der Waals surface area contributed by atoms with Crippen LogP contribution in [-0.2, 0) is 4.79 Å². The monoisotopic (exact) mass is 159 g/mol. The van der Waals surface area contributed by atoms with Gasteiger partial charge in [0.05, 0.1) is 6.04 Å². The van der Waals surface area contributed by atoms with Gasteiger partial charge in [-0.15, -0.1) is 0 Å². The molecule has 0 aromatic rings. The van der Waals surface area contributed by atoms with E-state index in [9.17, 15) is 4.79 Å². The van der Waals surface area contributed by atoms with Gasteiger partial charge in [-0.1, -0.05) is 0 Å². The van der Waals surface area contributed by atoms with Crippen molar-refractivity contribution in [2.24, 2.45) is 11.5 Å². The van der Waals surface area contributed by atoms with E-state index < -0.39 is 11.9 Å². The van der Waals surface area contributed by atoms with E-state index in [4.69, 9.17) is 11.5 Å². The smallest absolute Gasteiger partial charge is 0.234 e. The molecule has 0 aromatic heterocycles. The lowest BCUT2D eigenvalue weighted by Crippen LogP contribution is -2.36. The van der Waals surface area contributed by atoms with Crippen LogP contribution in [0.3, 0.4) is 0 Å². The molecule has 0 aliphatic heterocycles. The molecule has 1 unspecified atom stereocenters. The van der Waals surface area contributed by atoms with E-state index in [1.54, 1.807) is 0 Å². The van der Waals surface area contributed by atoms with Gasteiger partial charge in [-0.3, -0.25) is 4.79 Å². The zero-order valence-corrected chi connectivity index (χ0v) is 7.21. The first-order valence-corrected chi connectivity index (χ1v) is 3.73. The molecule has 0 saturated heterocycles. The van der Waals surface area contributed by atoms with Crippen LogP contribution in [-0.4, -0.2) is 37.5 Å². The number of carbonyl (C=O) groups is 1. The molecule has 1 amide bonds. The summed E-state index contributed by atoms with van der Waals surface area (Å²) in [4.78, 5) is 12.5. The van der Waals surface area contributed by atoms with Crippen molar-refractivity contribution < 1.29 is 4.79 Å². The molecular weight excluding hydrogens is 142 g/mol. The van der Waals surface area contributed by atoms with Crippen LogP contribution in [0, 0.1) is 0 Å². The highest BCUT2D eigenvalue weighted by atomic mass is 16.1. The maximum absolute atomic E-state index is 10.5. The second-order valence-corrected chi connectivity index (χ2v) is 2.95. The Hall–Kier alpha value is -0.610. The van der Waals surface area contributed by atoms with Gasteiger partial charge in [0.2, 0.25) is 5.91 Å². The molecule has 4 N–H and O–H groups in total. The van der Waals surface area contributed by atoms with E-state index in [1.807, 2.05) is 19.0 Å². The summed E-state index contributed by atoms with van der Waals surface area (Å²) in [5.41, 5.74) is 10.4. The van der Waals surface area contributed by atoms with Gasteiger partial charge in [0.1, 0.15) is 0 Å². The molecule has 0 aromatic carbocycles. The molecule has 0 fully saturated rings. The highest BCUT2D eigenvalue weighted by Crippen LogP contribution is 1.94. The van der Waals surface area contributed by atoms with Crippen LogP contribution in [0.5, 0.6) is 0 Å². The first-order valence-electron chi connectivity index (χ1n) is 3.73. The summed E-state index contributed by atoms with van der Waals surface area (Å²) in [6.45, 7) is 0.945. The Morgan fingerprint density at radius 1 is 1.55 bits per heavy atom. The van der Waals surface area contributed by atoms with E-state index in [1.165, 1.54) is 0 Å². The molecule has 0 aliphatic carbocycles. The molecule has 4 heteroatoms. The van der Waals surface area contributed by atoms with Crippen molar-refractivity contribution in [2.45, 2.75) is 18.9 Å². The Kier molecular flexibility index (Phi) is 4.81. The number of hydrogen-bond donors (Lipinski definition) is 2. The standard InChI is InChI=1S/C7H17N3O/c1-10(2)5-3-4-6(8)7(9)11/h6H,3-5,8H2,1-2H3,(H2,9,11). The molecule has 66 valence electrons. The Morgan fingerprint density at radius 3 is 2.45 bits per heavy atom. The summed E-state index contributed by atoms with van der Waals surface area (Å²) < 4.78 is 0. The van der Waals surface area contributed by atoms with E-state index in [-0.39, 0.29) is 0 Å². The molecular formula is C7H17N3O. The summed E-state index contributed by atoms with van der Waals surface area (Å²) in [6, 6.07) is -0.477. The predicted molar refractivity (Wildman–Crippen MR) is 45.0 cm³/mol. The summed E-state index contributed by atoms with van der Waals surface area (Å²) in [5, 5.41) is 0. The third-order valence-electron chi connectivity index (χ3n) is 1.49. The molecule has 1 atom stereocenters. The number of primary amides is 1. The van der Waals surface area contributed by atoms with Crippen LogP contribution >= 0.6 is 0 Å². The number of rotatable bonds is 5. The van der Waals surface area contributed by atoms with Crippen molar-refractivity contribution in [1.29, 1.82) is 0 Å². The Bertz CT molecular complexity index is 125. The average molecular weight is 159 g/mol. The minimum atomic E-state index is -0.477. The zero-order valence-electron chi connectivity index (χ0n) is 7.21. The highest BCUT2D eigenvalue weighted by Gasteiger charge is 2.07. The van der Waals surface area contributed by atoms with Gasteiger partial charge in [-0.05, 0) is 33.5 Å². The fourth-order valence-corrected chi connectivity index (χ4v) is 0.770. The minimum absolute atomic E-state index is 0.413. The zero-order chi connectivity index (χ0) is 8.85. The van der Waals surface area contributed by atoms with Crippen LogP contribution in [0.4, 0.5) is 0 Å². The molecule has 0 radical (unpaired) electrons. The van der Waals surface area contributed by atoms with Crippen LogP contribution in [0.15, 0.2) is 0 Å². The second-order valence-electron chi connectivity index (χ2n) is 2.95. The maximum Gasteiger partial charge on any atom is 0.234 e. The Labute approximate surface area is 67.5 Å². The first kappa shape index (κ1) is 10.4. The minimum Gasteiger partial charge on any atom is -0.368 e. The van der Waals surface area contributed by atoms with Crippen molar-refractivity contribution in [2.75, 3.05) is 20.6 Å². The summed E-state index contributed by atoms with van der Waals surface area (Å²) in [5.74, 6) is -0.413. The van der Waals surface area contributed by atoms with Gasteiger partial charge in [0.25, 0.3) is 0 Å². The fourth-order valence-electron chi connectivity index (χ4n) is 0.770. The van der Waals surface area contributed by atoms with Crippen molar-refractivity contribution in [3.63, 3.8) is 0 Å². The third kappa shape index (κ3) is 5.82. The van der Waals surface area contributed by atoms with Crippen LogP contribution in [0.2, 0.25) is 0 Å². The SMILES string of the molecule is CN(C)CCCC(N)C(N)=O. The summed E-state index contributed by atoms with van der Waals surface area (Å²) in [6.07, 6.45) is 1.59. The molecule has 0 heterocycles. The lowest BCUT2D eigenvalue weighted by Gasteiger charge is -2.10. The van der Waals surface area contributed by atoms with E-state index in [0.717, 1.165) is 13.0 Å². The lowest BCUT2D eigenvalue weighted by atomic mass is 10.1. The quantitative estimate of drug-likeness (QED) is 0.548. The van der Waals surface area contributed by atoms with E-state index >= 15 is 0 Å². The second kappa shape index (κ2) is 5.09. The van der Waals surface area contributed by atoms with E-state index in [2.05, 4.69) is 0 Å². The number of amides is 1. The van der Waals surface area contributed by atoms with Gasteiger partial charge in [0, 0.05) is 0 Å². The molecule has 0 saturated carbocycles. The van der Waals surface area contributed by atoms with E-state index in [0.29, 0.717) is 6.42 Å². The molecule has 0 bridgehead atoms. The number of nitrogens with two attached hydrogens (primary N) is 2. The highest BCUT2D eigenvalue weighted by molar-refractivity contribution is 5.79. The fraction of sp³-hybridized carbons (Fsp3) is 0.857. The van der Waals surface area contributed by atoms with Gasteiger partial charge in [-0.25, -0.2) is 0 Å². The molecule has 0 rings (SSSR count). The van der Waals surface area contributed by atoms with Gasteiger partial charge >= 0.3 is 0 Å².